The van der Waals surface area contributed by atoms with E-state index in [1.165, 1.54) is 0 Å². The molecule has 1 aromatic rings. The zero-order valence-electron chi connectivity index (χ0n) is 9.72. The van der Waals surface area contributed by atoms with Crippen LogP contribution < -0.4 is 11.1 Å². The molecule has 0 heterocycles. The monoisotopic (exact) mass is 232 g/mol. The highest BCUT2D eigenvalue weighted by Crippen LogP contribution is 2.02. The molecule has 2 amide bonds. The molecule has 1 rings (SSSR count). The molecule has 0 aliphatic heterocycles. The van der Waals surface area contributed by atoms with Crippen molar-refractivity contribution >= 4 is 11.8 Å². The summed E-state index contributed by atoms with van der Waals surface area (Å²) in [6, 6.07) is 9.86. The van der Waals surface area contributed by atoms with Crippen molar-refractivity contribution in [1.29, 1.82) is 0 Å². The molecular weight excluding hydrogens is 216 g/mol. The molecule has 17 heavy (non-hydrogen) atoms. The summed E-state index contributed by atoms with van der Waals surface area (Å²) in [4.78, 5) is 21.8. The summed E-state index contributed by atoms with van der Waals surface area (Å²) in [6.45, 7) is 1.91. The molecule has 0 radical (unpaired) electrons. The van der Waals surface area contributed by atoms with Crippen LogP contribution in [-0.4, -0.2) is 17.9 Å². The molecule has 4 nitrogen and oxygen atoms in total. The Balaban J connectivity index is 2.42. The van der Waals surface area contributed by atoms with Gasteiger partial charge in [-0.1, -0.05) is 30.3 Å². The second kappa shape index (κ2) is 6.48. The van der Waals surface area contributed by atoms with Gasteiger partial charge in [0.25, 0.3) is 0 Å². The van der Waals surface area contributed by atoms with E-state index in [0.29, 0.717) is 0 Å². The predicted molar refractivity (Wildman–Crippen MR) is 66.1 cm³/mol. The van der Waals surface area contributed by atoms with E-state index in [1.807, 2.05) is 37.3 Å². The van der Waals surface area contributed by atoms with E-state index in [2.05, 4.69) is 5.32 Å². The van der Waals surface area contributed by atoms with Crippen LogP contribution in [0.1, 0.15) is 12.5 Å². The number of rotatable bonds is 5. The van der Waals surface area contributed by atoms with Crippen molar-refractivity contribution in [1.82, 2.24) is 5.32 Å². The Hall–Kier alpha value is -2.10. The largest absolute Gasteiger partial charge is 0.366 e. The van der Waals surface area contributed by atoms with Crippen LogP contribution in [0, 0.1) is 0 Å². The molecule has 0 bridgehead atoms. The summed E-state index contributed by atoms with van der Waals surface area (Å²) in [5.41, 5.74) is 6.04. The molecule has 1 atom stereocenters. The quantitative estimate of drug-likeness (QED) is 0.736. The zero-order valence-corrected chi connectivity index (χ0v) is 9.72. The minimum absolute atomic E-state index is 0.00225. The first kappa shape index (κ1) is 13.0. The van der Waals surface area contributed by atoms with E-state index < -0.39 is 5.91 Å². The van der Waals surface area contributed by atoms with Crippen LogP contribution in [0.4, 0.5) is 0 Å². The number of nitrogens with two attached hydrogens (primary N) is 1. The van der Waals surface area contributed by atoms with Crippen molar-refractivity contribution < 1.29 is 9.59 Å². The fourth-order valence-corrected chi connectivity index (χ4v) is 1.47. The normalized spacial score (nSPS) is 12.3. The molecule has 0 aliphatic rings. The Morgan fingerprint density at radius 3 is 2.53 bits per heavy atom. The topological polar surface area (TPSA) is 72.2 Å². The third-order valence-corrected chi connectivity index (χ3v) is 2.17. The summed E-state index contributed by atoms with van der Waals surface area (Å²) in [6.07, 6.45) is 2.94. The number of carbonyl (C=O) groups excluding carboxylic acids is 2. The number of hydrogen-bond donors (Lipinski definition) is 2. The number of nitrogens with one attached hydrogen (secondary N) is 1. The molecule has 0 aliphatic carbocycles. The number of hydrogen-bond acceptors (Lipinski definition) is 2. The molecule has 1 aromatic carbocycles. The molecule has 0 aromatic heterocycles. The Kier molecular flexibility index (Phi) is 4.94. The van der Waals surface area contributed by atoms with E-state index in [4.69, 9.17) is 5.73 Å². The lowest BCUT2D eigenvalue weighted by Crippen LogP contribution is -2.33. The molecule has 0 unspecified atom stereocenters. The lowest BCUT2D eigenvalue weighted by molar-refractivity contribution is -0.118. The summed E-state index contributed by atoms with van der Waals surface area (Å²) < 4.78 is 0. The van der Waals surface area contributed by atoms with E-state index in [-0.39, 0.29) is 11.9 Å². The number of benzene rings is 1. The SMILES string of the molecule is C[C@@H](Cc1ccccc1)NC(=O)C=CC(N)=O. The maximum atomic E-state index is 11.3. The van der Waals surface area contributed by atoms with Crippen LogP contribution in [0.25, 0.3) is 0 Å². The smallest absolute Gasteiger partial charge is 0.244 e. The fourth-order valence-electron chi connectivity index (χ4n) is 1.47. The van der Waals surface area contributed by atoms with Crippen molar-refractivity contribution in [3.63, 3.8) is 0 Å². The highest BCUT2D eigenvalue weighted by atomic mass is 16.2. The van der Waals surface area contributed by atoms with Crippen LogP contribution in [0.2, 0.25) is 0 Å². The molecule has 0 saturated heterocycles. The lowest BCUT2D eigenvalue weighted by atomic mass is 10.1. The van der Waals surface area contributed by atoms with Gasteiger partial charge >= 0.3 is 0 Å². The van der Waals surface area contributed by atoms with Crippen LogP contribution >= 0.6 is 0 Å². The van der Waals surface area contributed by atoms with Crippen molar-refractivity contribution in [2.24, 2.45) is 5.73 Å². The van der Waals surface area contributed by atoms with Crippen LogP contribution in [0.15, 0.2) is 42.5 Å². The summed E-state index contributed by atoms with van der Waals surface area (Å²) in [5.74, 6) is -0.942. The van der Waals surface area contributed by atoms with Crippen molar-refractivity contribution in [2.75, 3.05) is 0 Å². The third kappa shape index (κ3) is 5.51. The predicted octanol–water partition coefficient (Wildman–Crippen LogP) is 0.775. The minimum atomic E-state index is -0.629. The molecule has 90 valence electrons. The fraction of sp³-hybridized carbons (Fsp3) is 0.231. The number of carbonyl (C=O) groups is 2. The van der Waals surface area contributed by atoms with Gasteiger partial charge in [0.2, 0.25) is 11.8 Å². The van der Waals surface area contributed by atoms with Crippen molar-refractivity contribution in [3.05, 3.63) is 48.0 Å². The second-order valence-corrected chi connectivity index (χ2v) is 3.84. The minimum Gasteiger partial charge on any atom is -0.366 e. The highest BCUT2D eigenvalue weighted by molar-refractivity contribution is 5.96. The van der Waals surface area contributed by atoms with Gasteiger partial charge in [0.1, 0.15) is 0 Å². The molecular formula is C13H16N2O2. The van der Waals surface area contributed by atoms with Gasteiger partial charge in [0, 0.05) is 18.2 Å². The number of amides is 2. The van der Waals surface area contributed by atoms with E-state index in [9.17, 15) is 9.59 Å². The van der Waals surface area contributed by atoms with Gasteiger partial charge in [-0.2, -0.15) is 0 Å². The summed E-state index contributed by atoms with van der Waals surface area (Å²) in [5, 5.41) is 2.75. The highest BCUT2D eigenvalue weighted by Gasteiger charge is 2.05. The van der Waals surface area contributed by atoms with Gasteiger partial charge in [-0.3, -0.25) is 9.59 Å². The molecule has 0 spiro atoms. The maximum Gasteiger partial charge on any atom is 0.244 e. The number of primary amides is 1. The Morgan fingerprint density at radius 2 is 1.94 bits per heavy atom. The summed E-state index contributed by atoms with van der Waals surface area (Å²) >= 11 is 0. The second-order valence-electron chi connectivity index (χ2n) is 3.84. The maximum absolute atomic E-state index is 11.3. The first-order valence-corrected chi connectivity index (χ1v) is 5.40. The van der Waals surface area contributed by atoms with Gasteiger partial charge in [-0.05, 0) is 18.9 Å². The zero-order chi connectivity index (χ0) is 12.7. The van der Waals surface area contributed by atoms with Gasteiger partial charge in [-0.25, -0.2) is 0 Å². The van der Waals surface area contributed by atoms with Crippen LogP contribution in [-0.2, 0) is 16.0 Å². The third-order valence-electron chi connectivity index (χ3n) is 2.17. The molecule has 3 N–H and O–H groups in total. The summed E-state index contributed by atoms with van der Waals surface area (Å²) in [7, 11) is 0. The Morgan fingerprint density at radius 1 is 1.29 bits per heavy atom. The van der Waals surface area contributed by atoms with Crippen molar-refractivity contribution in [3.8, 4) is 0 Å². The van der Waals surface area contributed by atoms with E-state index in [1.54, 1.807) is 0 Å². The lowest BCUT2D eigenvalue weighted by Gasteiger charge is -2.12. The first-order chi connectivity index (χ1) is 8.08. The van der Waals surface area contributed by atoms with Crippen LogP contribution in [0.3, 0.4) is 0 Å². The van der Waals surface area contributed by atoms with Crippen LogP contribution in [0.5, 0.6) is 0 Å². The van der Waals surface area contributed by atoms with Gasteiger partial charge in [-0.15, -0.1) is 0 Å². The standard InChI is InChI=1S/C13H16N2O2/c1-10(9-11-5-3-2-4-6-11)15-13(17)8-7-12(14)16/h2-8,10H,9H2,1H3,(H2,14,16)(H,15,17)/t10-/m0/s1. The molecule has 0 fully saturated rings. The average Bonchev–Trinajstić information content (AvgIpc) is 2.27. The van der Waals surface area contributed by atoms with Crippen molar-refractivity contribution in [2.45, 2.75) is 19.4 Å². The van der Waals surface area contributed by atoms with Gasteiger partial charge < -0.3 is 11.1 Å². The van der Waals surface area contributed by atoms with E-state index in [0.717, 1.165) is 24.1 Å². The Bertz CT molecular complexity index is 413. The van der Waals surface area contributed by atoms with E-state index >= 15 is 0 Å². The Labute approximate surface area is 101 Å². The molecule has 0 saturated carbocycles. The first-order valence-electron chi connectivity index (χ1n) is 5.40. The van der Waals surface area contributed by atoms with Gasteiger partial charge in [0.15, 0.2) is 0 Å². The molecule has 4 heteroatoms. The average molecular weight is 232 g/mol. The van der Waals surface area contributed by atoms with Gasteiger partial charge in [0.05, 0.1) is 0 Å².